The van der Waals surface area contributed by atoms with Gasteiger partial charge < -0.3 is 21.1 Å². The number of benzene rings is 2. The van der Waals surface area contributed by atoms with E-state index in [1.807, 2.05) is 20.8 Å². The summed E-state index contributed by atoms with van der Waals surface area (Å²) in [6.45, 7) is 5.99. The molecule has 11 nitrogen and oxygen atoms in total. The molecule has 1 aromatic heterocycles. The Labute approximate surface area is 195 Å². The van der Waals surface area contributed by atoms with Gasteiger partial charge in [0.1, 0.15) is 12.1 Å². The van der Waals surface area contributed by atoms with Crippen molar-refractivity contribution in [1.82, 2.24) is 14.9 Å². The van der Waals surface area contributed by atoms with Crippen LogP contribution in [0.3, 0.4) is 0 Å². The zero-order valence-electron chi connectivity index (χ0n) is 19.1. The number of carbonyl (C=O) groups excluding carboxylic acids is 1. The predicted molar refractivity (Wildman–Crippen MR) is 127 cm³/mol. The minimum absolute atomic E-state index is 0.00518. The molecular weight excluding hydrogens is 440 g/mol. The van der Waals surface area contributed by atoms with Gasteiger partial charge in [-0.2, -0.15) is 0 Å². The summed E-state index contributed by atoms with van der Waals surface area (Å²) in [5.74, 6) is -0.307. The summed E-state index contributed by atoms with van der Waals surface area (Å²) in [6.07, 6.45) is 0.154. The number of hydrogen-bond acceptors (Lipinski definition) is 7. The fourth-order valence-corrected chi connectivity index (χ4v) is 3.66. The lowest BCUT2D eigenvalue weighted by Crippen LogP contribution is -2.41. The van der Waals surface area contributed by atoms with Crippen molar-refractivity contribution in [2.24, 2.45) is 11.1 Å². The smallest absolute Gasteiger partial charge is 0.407 e. The second-order valence-corrected chi connectivity index (χ2v) is 9.06. The lowest BCUT2D eigenvalue weighted by atomic mass is 9.95. The molecule has 2 amide bonds. The Morgan fingerprint density at radius 1 is 1.21 bits per heavy atom. The number of nitrogens with one attached hydrogen (secondary N) is 1. The van der Waals surface area contributed by atoms with Crippen molar-refractivity contribution in [3.63, 3.8) is 0 Å². The number of amides is 2. The third kappa shape index (κ3) is 5.74. The number of fused-ring (bicyclic) bond motifs is 1. The van der Waals surface area contributed by atoms with Crippen molar-refractivity contribution in [2.45, 2.75) is 26.8 Å². The Morgan fingerprint density at radius 3 is 2.53 bits per heavy atom. The number of nitrogens with two attached hydrogens (primary N) is 1. The summed E-state index contributed by atoms with van der Waals surface area (Å²) in [5.41, 5.74) is 6.10. The molecule has 4 N–H and O–H groups in total. The van der Waals surface area contributed by atoms with Crippen LogP contribution in [0.2, 0.25) is 0 Å². The van der Waals surface area contributed by atoms with Gasteiger partial charge in [-0.05, 0) is 23.1 Å². The van der Waals surface area contributed by atoms with Crippen molar-refractivity contribution >= 4 is 34.4 Å². The van der Waals surface area contributed by atoms with E-state index in [1.54, 1.807) is 30.3 Å². The fourth-order valence-electron chi connectivity index (χ4n) is 3.66. The molecule has 0 spiro atoms. The molecule has 0 aliphatic rings. The predicted octanol–water partition coefficient (Wildman–Crippen LogP) is 3.82. The summed E-state index contributed by atoms with van der Waals surface area (Å²) >= 11 is 0. The van der Waals surface area contributed by atoms with E-state index in [4.69, 9.17) is 5.73 Å². The van der Waals surface area contributed by atoms with E-state index in [9.17, 15) is 24.8 Å². The van der Waals surface area contributed by atoms with Gasteiger partial charge in [-0.25, -0.2) is 14.8 Å². The van der Waals surface area contributed by atoms with Crippen LogP contribution in [-0.4, -0.2) is 50.0 Å². The van der Waals surface area contributed by atoms with E-state index in [1.165, 1.54) is 23.4 Å². The van der Waals surface area contributed by atoms with Gasteiger partial charge in [0.05, 0.1) is 22.0 Å². The van der Waals surface area contributed by atoms with Crippen LogP contribution in [0.1, 0.15) is 42.7 Å². The molecule has 0 radical (unpaired) electrons. The zero-order valence-corrected chi connectivity index (χ0v) is 19.1. The number of hydrogen-bond donors (Lipinski definition) is 3. The number of rotatable bonds is 8. The first-order valence-corrected chi connectivity index (χ1v) is 10.5. The molecule has 178 valence electrons. The highest BCUT2D eigenvalue weighted by Gasteiger charge is 2.26. The highest BCUT2D eigenvalue weighted by atomic mass is 16.6. The molecule has 11 heteroatoms. The Hall–Kier alpha value is -4.28. The van der Waals surface area contributed by atoms with Crippen molar-refractivity contribution < 1.29 is 19.6 Å². The largest absolute Gasteiger partial charge is 0.465 e. The minimum atomic E-state index is -1.12. The number of non-ortho nitro benzene ring substituents is 1. The number of anilines is 1. The Balaban J connectivity index is 2.08. The third-order valence-electron chi connectivity index (χ3n) is 5.06. The maximum Gasteiger partial charge on any atom is 0.407 e. The lowest BCUT2D eigenvalue weighted by Gasteiger charge is -2.31. The third-order valence-corrected chi connectivity index (χ3v) is 5.06. The normalized spacial score (nSPS) is 12.2. The molecule has 1 unspecified atom stereocenters. The van der Waals surface area contributed by atoms with Crippen LogP contribution in [-0.2, 0) is 0 Å². The number of aromatic nitrogens is 2. The molecule has 1 heterocycles. The van der Waals surface area contributed by atoms with Crippen LogP contribution in [0.4, 0.5) is 16.3 Å². The summed E-state index contributed by atoms with van der Waals surface area (Å²) in [7, 11) is 0. The molecule has 0 bridgehead atoms. The monoisotopic (exact) mass is 466 g/mol. The highest BCUT2D eigenvalue weighted by Crippen LogP contribution is 2.29. The van der Waals surface area contributed by atoms with Gasteiger partial charge >= 0.3 is 6.09 Å². The van der Waals surface area contributed by atoms with Crippen LogP contribution >= 0.6 is 0 Å². The van der Waals surface area contributed by atoms with Crippen LogP contribution in [0, 0.1) is 15.5 Å². The Morgan fingerprint density at radius 2 is 1.91 bits per heavy atom. The topological polar surface area (TPSA) is 165 Å². The summed E-state index contributed by atoms with van der Waals surface area (Å²) in [6, 6.07) is 10.2. The SMILES string of the molecule is CC(C)(C)CN(CC(Nc1ncnc2c(C(N)=O)cccc12)c1cccc([N+](=O)[O-])c1)C(=O)O. The van der Waals surface area contributed by atoms with E-state index < -0.39 is 23.0 Å². The van der Waals surface area contributed by atoms with Crippen molar-refractivity contribution in [2.75, 3.05) is 18.4 Å². The molecule has 0 fully saturated rings. The van der Waals surface area contributed by atoms with Crippen LogP contribution in [0.15, 0.2) is 48.8 Å². The minimum Gasteiger partial charge on any atom is -0.465 e. The number of nitro groups is 1. The molecule has 3 aromatic rings. The molecule has 0 aliphatic carbocycles. The average Bonchev–Trinajstić information content (AvgIpc) is 2.76. The quantitative estimate of drug-likeness (QED) is 0.333. The van der Waals surface area contributed by atoms with Crippen LogP contribution < -0.4 is 11.1 Å². The first-order chi connectivity index (χ1) is 16.0. The molecule has 3 rings (SSSR count). The molecule has 0 aliphatic heterocycles. The molecule has 0 saturated heterocycles. The molecule has 34 heavy (non-hydrogen) atoms. The second-order valence-electron chi connectivity index (χ2n) is 9.06. The average molecular weight is 466 g/mol. The van der Waals surface area contributed by atoms with E-state index in [2.05, 4.69) is 15.3 Å². The lowest BCUT2D eigenvalue weighted by molar-refractivity contribution is -0.384. The molecule has 0 saturated carbocycles. The van der Waals surface area contributed by atoms with E-state index in [-0.39, 0.29) is 29.8 Å². The van der Waals surface area contributed by atoms with Gasteiger partial charge in [0.2, 0.25) is 0 Å². The Bertz CT molecular complexity index is 1240. The molecule has 1 atom stereocenters. The van der Waals surface area contributed by atoms with Gasteiger partial charge in [-0.1, -0.05) is 39.0 Å². The van der Waals surface area contributed by atoms with Gasteiger partial charge in [-0.3, -0.25) is 14.9 Å². The van der Waals surface area contributed by atoms with Gasteiger partial charge in [0, 0.05) is 30.6 Å². The molecule has 2 aromatic carbocycles. The molecular formula is C23H26N6O5. The first kappa shape index (κ1) is 24.4. The Kier molecular flexibility index (Phi) is 6.94. The number of nitro benzene ring substituents is 1. The fraction of sp³-hybridized carbons (Fsp3) is 0.304. The van der Waals surface area contributed by atoms with E-state index in [0.717, 1.165) is 0 Å². The van der Waals surface area contributed by atoms with E-state index in [0.29, 0.717) is 22.3 Å². The van der Waals surface area contributed by atoms with Crippen molar-refractivity contribution in [1.29, 1.82) is 0 Å². The number of carbonyl (C=O) groups is 2. The summed E-state index contributed by atoms with van der Waals surface area (Å²) in [5, 5.41) is 24.9. The highest BCUT2D eigenvalue weighted by molar-refractivity contribution is 6.06. The van der Waals surface area contributed by atoms with Crippen LogP contribution in [0.25, 0.3) is 10.9 Å². The first-order valence-electron chi connectivity index (χ1n) is 10.5. The number of primary amides is 1. The maximum absolute atomic E-state index is 12.0. The zero-order chi connectivity index (χ0) is 25.0. The second kappa shape index (κ2) is 9.69. The van der Waals surface area contributed by atoms with Gasteiger partial charge in [0.15, 0.2) is 0 Å². The van der Waals surface area contributed by atoms with Crippen LogP contribution in [0.5, 0.6) is 0 Å². The number of carboxylic acid groups (broad SMARTS) is 1. The van der Waals surface area contributed by atoms with Crippen molar-refractivity contribution in [3.8, 4) is 0 Å². The summed E-state index contributed by atoms with van der Waals surface area (Å²) < 4.78 is 0. The summed E-state index contributed by atoms with van der Waals surface area (Å²) in [4.78, 5) is 44.4. The number of para-hydroxylation sites is 1. The standard InChI is InChI=1S/C23H26N6O5/c1-23(2,3)12-28(22(31)32)11-18(14-6-4-7-15(10-14)29(33)34)27-21-17-9-5-8-16(20(24)30)19(17)25-13-26-21/h4-10,13,18H,11-12H2,1-3H3,(H2,24,30)(H,31,32)(H,25,26,27). The number of nitrogens with zero attached hydrogens (tertiary/aromatic N) is 4. The van der Waals surface area contributed by atoms with Gasteiger partial charge in [0.25, 0.3) is 11.6 Å². The van der Waals surface area contributed by atoms with E-state index >= 15 is 0 Å². The van der Waals surface area contributed by atoms with Crippen molar-refractivity contribution in [3.05, 3.63) is 70.0 Å². The van der Waals surface area contributed by atoms with Gasteiger partial charge in [-0.15, -0.1) is 0 Å². The maximum atomic E-state index is 12.0.